The van der Waals surface area contributed by atoms with Gasteiger partial charge in [-0.2, -0.15) is 0 Å². The van der Waals surface area contributed by atoms with E-state index in [9.17, 15) is 24.9 Å². The molecule has 29 heavy (non-hydrogen) atoms. The minimum atomic E-state index is -1.64. The molecule has 8 heteroatoms. The lowest BCUT2D eigenvalue weighted by Gasteiger charge is -2.43. The van der Waals surface area contributed by atoms with Crippen molar-refractivity contribution in [2.24, 2.45) is 0 Å². The molecular weight excluding hydrogens is 380 g/mol. The molecule has 2 aromatic carbocycles. The van der Waals surface area contributed by atoms with E-state index in [0.717, 1.165) is 0 Å². The van der Waals surface area contributed by atoms with Gasteiger partial charge in [-0.25, -0.2) is 9.59 Å². The van der Waals surface area contributed by atoms with Crippen LogP contribution in [0, 0.1) is 0 Å². The number of carbonyl (C=O) groups excluding carboxylic acids is 2. The van der Waals surface area contributed by atoms with Gasteiger partial charge in [0.05, 0.1) is 11.1 Å². The lowest BCUT2D eigenvalue weighted by Crippen LogP contribution is -2.66. The Labute approximate surface area is 167 Å². The van der Waals surface area contributed by atoms with Gasteiger partial charge < -0.3 is 29.5 Å². The van der Waals surface area contributed by atoms with E-state index in [-0.39, 0.29) is 11.1 Å². The highest BCUT2D eigenvalue weighted by molar-refractivity contribution is 5.90. The minimum absolute atomic E-state index is 0.202. The third-order valence-electron chi connectivity index (χ3n) is 4.80. The van der Waals surface area contributed by atoms with Crippen LogP contribution in [0.2, 0.25) is 0 Å². The fourth-order valence-corrected chi connectivity index (χ4v) is 3.25. The molecule has 154 valence electrons. The molecule has 0 aliphatic heterocycles. The molecular formula is C21H22O8. The van der Waals surface area contributed by atoms with Gasteiger partial charge >= 0.3 is 11.9 Å². The van der Waals surface area contributed by atoms with Crippen molar-refractivity contribution in [1.29, 1.82) is 0 Å². The molecule has 1 fully saturated rings. The second-order valence-corrected chi connectivity index (χ2v) is 6.64. The molecule has 3 N–H and O–H groups in total. The Hall–Kier alpha value is -2.78. The molecule has 0 radical (unpaired) electrons. The van der Waals surface area contributed by atoms with Crippen molar-refractivity contribution < 1.29 is 39.1 Å². The first-order valence-electron chi connectivity index (χ1n) is 9.03. The summed E-state index contributed by atoms with van der Waals surface area (Å²) in [5, 5.41) is 31.5. The maximum Gasteiger partial charge on any atom is 0.338 e. The number of aliphatic hydroxyl groups is 3. The fraction of sp³-hybridized carbons (Fsp3) is 0.333. The molecule has 8 nitrogen and oxygen atoms in total. The van der Waals surface area contributed by atoms with Crippen LogP contribution < -0.4 is 0 Å². The van der Waals surface area contributed by atoms with E-state index in [4.69, 9.17) is 14.2 Å². The first-order valence-corrected chi connectivity index (χ1v) is 9.03. The number of rotatable bonds is 5. The summed E-state index contributed by atoms with van der Waals surface area (Å²) in [4.78, 5) is 24.8. The smallest absolute Gasteiger partial charge is 0.338 e. The summed E-state index contributed by atoms with van der Waals surface area (Å²) < 4.78 is 15.7. The molecule has 0 heterocycles. The Morgan fingerprint density at radius 1 is 0.655 bits per heavy atom. The van der Waals surface area contributed by atoms with Gasteiger partial charge in [0.2, 0.25) is 0 Å². The molecule has 0 aromatic heterocycles. The first-order chi connectivity index (χ1) is 13.9. The summed E-state index contributed by atoms with van der Waals surface area (Å²) in [5.41, 5.74) is 0.432. The van der Waals surface area contributed by atoms with Crippen LogP contribution in [0.1, 0.15) is 20.7 Å². The maximum atomic E-state index is 12.4. The van der Waals surface area contributed by atoms with Crippen molar-refractivity contribution in [3.63, 3.8) is 0 Å². The van der Waals surface area contributed by atoms with Crippen LogP contribution >= 0.6 is 0 Å². The molecule has 0 saturated heterocycles. The minimum Gasteiger partial charge on any atom is -0.453 e. The molecule has 0 spiro atoms. The van der Waals surface area contributed by atoms with E-state index in [1.807, 2.05) is 0 Å². The number of benzene rings is 2. The molecule has 6 atom stereocenters. The van der Waals surface area contributed by atoms with Crippen molar-refractivity contribution in [3.8, 4) is 0 Å². The number of esters is 2. The zero-order valence-corrected chi connectivity index (χ0v) is 15.6. The Kier molecular flexibility index (Phi) is 6.60. The number of hydrogen-bond donors (Lipinski definition) is 3. The van der Waals surface area contributed by atoms with E-state index in [0.29, 0.717) is 0 Å². The van der Waals surface area contributed by atoms with Crippen LogP contribution in [-0.4, -0.2) is 71.0 Å². The summed E-state index contributed by atoms with van der Waals surface area (Å²) in [6.07, 6.45) is -8.96. The Morgan fingerprint density at radius 3 is 1.52 bits per heavy atom. The van der Waals surface area contributed by atoms with Gasteiger partial charge in [-0.05, 0) is 24.3 Å². The first kappa shape index (κ1) is 20.9. The zero-order valence-electron chi connectivity index (χ0n) is 15.6. The van der Waals surface area contributed by atoms with Crippen LogP contribution in [0.25, 0.3) is 0 Å². The van der Waals surface area contributed by atoms with Crippen LogP contribution in [-0.2, 0) is 14.2 Å². The molecule has 2 aromatic rings. The SMILES string of the molecule is CO[C@@H]1[C@H](O)[C@@H](O)[C@@H](OC(=O)c2ccccc2)[C@H](O)[C@H]1OC(=O)c1ccccc1. The average Bonchev–Trinajstić information content (AvgIpc) is 2.76. The van der Waals surface area contributed by atoms with Crippen LogP contribution in [0.3, 0.4) is 0 Å². The lowest BCUT2D eigenvalue weighted by atomic mass is 9.84. The van der Waals surface area contributed by atoms with E-state index >= 15 is 0 Å². The predicted molar refractivity (Wildman–Crippen MR) is 100 cm³/mol. The van der Waals surface area contributed by atoms with Crippen molar-refractivity contribution in [3.05, 3.63) is 71.8 Å². The number of hydrogen-bond acceptors (Lipinski definition) is 8. The molecule has 0 bridgehead atoms. The zero-order chi connectivity index (χ0) is 21.0. The lowest BCUT2D eigenvalue weighted by molar-refractivity contribution is -0.229. The van der Waals surface area contributed by atoms with Crippen molar-refractivity contribution in [2.75, 3.05) is 7.11 Å². The molecule has 1 aliphatic carbocycles. The number of methoxy groups -OCH3 is 1. The maximum absolute atomic E-state index is 12.4. The number of carbonyl (C=O) groups is 2. The van der Waals surface area contributed by atoms with Crippen LogP contribution in [0.5, 0.6) is 0 Å². The van der Waals surface area contributed by atoms with Gasteiger partial charge in [0.15, 0.2) is 12.2 Å². The molecule has 1 aliphatic rings. The summed E-state index contributed by atoms with van der Waals surface area (Å²) >= 11 is 0. The second-order valence-electron chi connectivity index (χ2n) is 6.64. The van der Waals surface area contributed by atoms with Crippen LogP contribution in [0.4, 0.5) is 0 Å². The van der Waals surface area contributed by atoms with Gasteiger partial charge in [-0.1, -0.05) is 36.4 Å². The average molecular weight is 402 g/mol. The van der Waals surface area contributed by atoms with Crippen LogP contribution in [0.15, 0.2) is 60.7 Å². The van der Waals surface area contributed by atoms with Gasteiger partial charge in [0, 0.05) is 7.11 Å². The molecule has 3 rings (SSSR count). The Morgan fingerprint density at radius 2 is 1.07 bits per heavy atom. The normalized spacial score (nSPS) is 29.1. The van der Waals surface area contributed by atoms with Crippen molar-refractivity contribution >= 4 is 11.9 Å². The third-order valence-corrected chi connectivity index (χ3v) is 4.80. The van der Waals surface area contributed by atoms with E-state index in [2.05, 4.69) is 0 Å². The largest absolute Gasteiger partial charge is 0.453 e. The Balaban J connectivity index is 1.81. The number of aliphatic hydroxyl groups excluding tert-OH is 3. The van der Waals surface area contributed by atoms with E-state index < -0.39 is 48.6 Å². The van der Waals surface area contributed by atoms with Crippen molar-refractivity contribution in [2.45, 2.75) is 36.6 Å². The molecule has 0 unspecified atom stereocenters. The standard InChI is InChI=1S/C21H22O8/c1-27-18-15(23)14(22)17(28-20(25)12-8-4-2-5-9-12)16(24)19(18)29-21(26)13-10-6-3-7-11-13/h2-11,14-19,22-24H,1H3/t14-,15-,16+,17-,18-,19-/m1/s1. The highest BCUT2D eigenvalue weighted by Crippen LogP contribution is 2.29. The Bertz CT molecular complexity index is 825. The van der Waals surface area contributed by atoms with Gasteiger partial charge in [0.25, 0.3) is 0 Å². The monoisotopic (exact) mass is 402 g/mol. The molecule has 0 amide bonds. The van der Waals surface area contributed by atoms with Gasteiger partial charge in [-0.15, -0.1) is 0 Å². The summed E-state index contributed by atoms with van der Waals surface area (Å²) in [6.45, 7) is 0. The quantitative estimate of drug-likeness (QED) is 0.620. The third kappa shape index (κ3) is 4.46. The highest BCUT2D eigenvalue weighted by Gasteiger charge is 2.53. The van der Waals surface area contributed by atoms with Gasteiger partial charge in [0.1, 0.15) is 24.4 Å². The predicted octanol–water partition coefficient (Wildman–Crippen LogP) is 0.549. The second kappa shape index (κ2) is 9.15. The van der Waals surface area contributed by atoms with E-state index in [1.165, 1.54) is 31.4 Å². The summed E-state index contributed by atoms with van der Waals surface area (Å²) in [5.74, 6) is -1.56. The topological polar surface area (TPSA) is 123 Å². The fourth-order valence-electron chi connectivity index (χ4n) is 3.25. The molecule has 1 saturated carbocycles. The summed E-state index contributed by atoms with van der Waals surface area (Å²) in [7, 11) is 1.24. The summed E-state index contributed by atoms with van der Waals surface area (Å²) in [6, 6.07) is 16.0. The van der Waals surface area contributed by atoms with Crippen molar-refractivity contribution in [1.82, 2.24) is 0 Å². The van der Waals surface area contributed by atoms with E-state index in [1.54, 1.807) is 36.4 Å². The van der Waals surface area contributed by atoms with Gasteiger partial charge in [-0.3, -0.25) is 0 Å². The highest BCUT2D eigenvalue weighted by atomic mass is 16.6. The number of ether oxygens (including phenoxy) is 3.